The number of aromatic hydroxyl groups is 1. The molecule has 0 amide bonds. The predicted octanol–water partition coefficient (Wildman–Crippen LogP) is 5.35. The van der Waals surface area contributed by atoms with Crippen molar-refractivity contribution in [3.05, 3.63) is 57.6 Å². The molecule has 24 heavy (non-hydrogen) atoms. The van der Waals surface area contributed by atoms with Crippen LogP contribution in [0.3, 0.4) is 0 Å². The van der Waals surface area contributed by atoms with Crippen LogP contribution in [0.15, 0.2) is 40.9 Å². The molecule has 3 nitrogen and oxygen atoms in total. The van der Waals surface area contributed by atoms with E-state index in [9.17, 15) is 5.11 Å². The van der Waals surface area contributed by atoms with Gasteiger partial charge in [0.05, 0.1) is 16.6 Å². The Morgan fingerprint density at radius 2 is 2.12 bits per heavy atom. The third kappa shape index (κ3) is 2.72. The molecule has 0 aliphatic carbocycles. The lowest BCUT2D eigenvalue weighted by Gasteiger charge is -2.43. The van der Waals surface area contributed by atoms with Crippen molar-refractivity contribution >= 4 is 21.6 Å². The van der Waals surface area contributed by atoms with Crippen LogP contribution < -0.4 is 5.32 Å². The Morgan fingerprint density at radius 3 is 2.92 bits per heavy atom. The summed E-state index contributed by atoms with van der Waals surface area (Å²) >= 11 is 3.44. The van der Waals surface area contributed by atoms with Crippen LogP contribution in [0, 0.1) is 5.92 Å². The number of hydrogen-bond acceptors (Lipinski definition) is 3. The standard InChI is InChI=1S/C20H22BrNO2/c1-2-12-5-7-17-15(10-12)20-14(4-3-9-24-20)19(22-17)13-6-8-18(23)16(21)11-13/h5-8,10-11,14,19-20,22-23H,2-4,9H2,1H3/t14-,19-,20-/m0/s1. The van der Waals surface area contributed by atoms with Crippen LogP contribution >= 0.6 is 15.9 Å². The van der Waals surface area contributed by atoms with Gasteiger partial charge in [-0.3, -0.25) is 0 Å². The normalized spacial score (nSPS) is 25.5. The van der Waals surface area contributed by atoms with Crippen LogP contribution in [0.4, 0.5) is 5.69 Å². The summed E-state index contributed by atoms with van der Waals surface area (Å²) in [5.41, 5.74) is 5.01. The van der Waals surface area contributed by atoms with E-state index in [1.54, 1.807) is 6.07 Å². The zero-order chi connectivity index (χ0) is 16.7. The molecule has 1 saturated heterocycles. The molecule has 0 unspecified atom stereocenters. The van der Waals surface area contributed by atoms with Crippen molar-refractivity contribution in [3.63, 3.8) is 0 Å². The van der Waals surface area contributed by atoms with Gasteiger partial charge in [-0.1, -0.05) is 25.1 Å². The SMILES string of the molecule is CCc1ccc2c(c1)[C@H]1OCCC[C@H]1[C@H](c1ccc(O)c(Br)c1)N2. The molecule has 2 aromatic carbocycles. The number of halogens is 1. The lowest BCUT2D eigenvalue weighted by molar-refractivity contribution is -0.0381. The zero-order valence-electron chi connectivity index (χ0n) is 13.8. The van der Waals surface area contributed by atoms with E-state index in [0.29, 0.717) is 5.92 Å². The van der Waals surface area contributed by atoms with E-state index >= 15 is 0 Å². The minimum Gasteiger partial charge on any atom is -0.507 e. The van der Waals surface area contributed by atoms with Gasteiger partial charge in [0, 0.05) is 23.8 Å². The molecule has 0 bridgehead atoms. The molecule has 2 aliphatic rings. The third-order valence-electron chi connectivity index (χ3n) is 5.27. The molecule has 0 spiro atoms. The Hall–Kier alpha value is -1.52. The van der Waals surface area contributed by atoms with Gasteiger partial charge in [-0.05, 0) is 64.5 Å². The summed E-state index contributed by atoms with van der Waals surface area (Å²) in [6.07, 6.45) is 3.44. The third-order valence-corrected chi connectivity index (χ3v) is 5.90. The second-order valence-electron chi connectivity index (χ2n) is 6.71. The fourth-order valence-corrected chi connectivity index (χ4v) is 4.38. The number of benzene rings is 2. The van der Waals surface area contributed by atoms with Crippen molar-refractivity contribution in [2.24, 2.45) is 5.92 Å². The molecule has 4 rings (SSSR count). The van der Waals surface area contributed by atoms with Crippen LogP contribution in [-0.2, 0) is 11.2 Å². The van der Waals surface area contributed by atoms with Crippen LogP contribution in [0.1, 0.15) is 48.6 Å². The summed E-state index contributed by atoms with van der Waals surface area (Å²) in [5, 5.41) is 13.5. The summed E-state index contributed by atoms with van der Waals surface area (Å²) in [6.45, 7) is 3.02. The number of nitrogens with one attached hydrogen (secondary N) is 1. The number of phenolic OH excluding ortho intramolecular Hbond substituents is 1. The van der Waals surface area contributed by atoms with Gasteiger partial charge in [-0.25, -0.2) is 0 Å². The number of rotatable bonds is 2. The summed E-state index contributed by atoms with van der Waals surface area (Å²) < 4.78 is 6.95. The quantitative estimate of drug-likeness (QED) is 0.729. The molecule has 0 aromatic heterocycles. The molecule has 2 aromatic rings. The Kier molecular flexibility index (Phi) is 4.27. The van der Waals surface area contributed by atoms with Gasteiger partial charge in [0.15, 0.2) is 0 Å². The smallest absolute Gasteiger partial charge is 0.129 e. The van der Waals surface area contributed by atoms with Crippen molar-refractivity contribution in [3.8, 4) is 5.75 Å². The molecule has 1 fully saturated rings. The molecule has 0 saturated carbocycles. The Morgan fingerprint density at radius 1 is 1.25 bits per heavy atom. The number of hydrogen-bond donors (Lipinski definition) is 2. The summed E-state index contributed by atoms with van der Waals surface area (Å²) in [6, 6.07) is 12.7. The molecule has 2 aliphatic heterocycles. The molecule has 2 heterocycles. The van der Waals surface area contributed by atoms with Gasteiger partial charge in [-0.15, -0.1) is 0 Å². The highest BCUT2D eigenvalue weighted by Gasteiger charge is 2.39. The highest BCUT2D eigenvalue weighted by atomic mass is 79.9. The summed E-state index contributed by atoms with van der Waals surface area (Å²) in [5.74, 6) is 0.689. The van der Waals surface area contributed by atoms with E-state index in [1.165, 1.54) is 22.4 Å². The van der Waals surface area contributed by atoms with Crippen LogP contribution in [0.5, 0.6) is 5.75 Å². The van der Waals surface area contributed by atoms with E-state index in [2.05, 4.69) is 46.4 Å². The molecule has 3 atom stereocenters. The van der Waals surface area contributed by atoms with Crippen LogP contribution in [0.25, 0.3) is 0 Å². The second kappa shape index (κ2) is 6.41. The molecule has 4 heteroatoms. The van der Waals surface area contributed by atoms with Gasteiger partial charge in [0.1, 0.15) is 5.75 Å². The van der Waals surface area contributed by atoms with E-state index in [1.807, 2.05) is 12.1 Å². The van der Waals surface area contributed by atoms with E-state index in [0.717, 1.165) is 30.3 Å². The average molecular weight is 388 g/mol. The molecule has 126 valence electrons. The predicted molar refractivity (Wildman–Crippen MR) is 99.4 cm³/mol. The van der Waals surface area contributed by atoms with Crippen molar-refractivity contribution in [2.75, 3.05) is 11.9 Å². The van der Waals surface area contributed by atoms with Crippen molar-refractivity contribution in [2.45, 2.75) is 38.3 Å². The van der Waals surface area contributed by atoms with Gasteiger partial charge in [0.2, 0.25) is 0 Å². The molecular weight excluding hydrogens is 366 g/mol. The number of fused-ring (bicyclic) bond motifs is 3. The fraction of sp³-hybridized carbons (Fsp3) is 0.400. The number of ether oxygens (including phenoxy) is 1. The van der Waals surface area contributed by atoms with Crippen molar-refractivity contribution < 1.29 is 9.84 Å². The number of aryl methyl sites for hydroxylation is 1. The average Bonchev–Trinajstić information content (AvgIpc) is 2.63. The molecule has 2 N–H and O–H groups in total. The first kappa shape index (κ1) is 16.0. The summed E-state index contributed by atoms with van der Waals surface area (Å²) in [7, 11) is 0. The first-order valence-corrected chi connectivity index (χ1v) is 9.46. The highest BCUT2D eigenvalue weighted by molar-refractivity contribution is 9.10. The second-order valence-corrected chi connectivity index (χ2v) is 7.56. The first-order valence-electron chi connectivity index (χ1n) is 8.66. The first-order chi connectivity index (χ1) is 11.7. The van der Waals surface area contributed by atoms with E-state index < -0.39 is 0 Å². The monoisotopic (exact) mass is 387 g/mol. The van der Waals surface area contributed by atoms with Gasteiger partial charge in [0.25, 0.3) is 0 Å². The van der Waals surface area contributed by atoms with Crippen LogP contribution in [-0.4, -0.2) is 11.7 Å². The summed E-state index contributed by atoms with van der Waals surface area (Å²) in [4.78, 5) is 0. The van der Waals surface area contributed by atoms with Crippen molar-refractivity contribution in [1.82, 2.24) is 0 Å². The van der Waals surface area contributed by atoms with E-state index in [-0.39, 0.29) is 17.9 Å². The minimum absolute atomic E-state index is 0.152. The van der Waals surface area contributed by atoms with Gasteiger partial charge in [-0.2, -0.15) is 0 Å². The molecule has 0 radical (unpaired) electrons. The van der Waals surface area contributed by atoms with Gasteiger partial charge < -0.3 is 15.2 Å². The number of anilines is 1. The topological polar surface area (TPSA) is 41.5 Å². The maximum Gasteiger partial charge on any atom is 0.129 e. The largest absolute Gasteiger partial charge is 0.507 e. The lowest BCUT2D eigenvalue weighted by Crippen LogP contribution is -2.36. The highest BCUT2D eigenvalue weighted by Crippen LogP contribution is 2.49. The van der Waals surface area contributed by atoms with Crippen molar-refractivity contribution in [1.29, 1.82) is 0 Å². The number of phenols is 1. The molecular formula is C20H22BrNO2. The zero-order valence-corrected chi connectivity index (χ0v) is 15.3. The lowest BCUT2D eigenvalue weighted by atomic mass is 9.77. The Bertz CT molecular complexity index is 761. The Labute approximate surface area is 151 Å². The maximum absolute atomic E-state index is 9.80. The fourth-order valence-electron chi connectivity index (χ4n) is 3.99. The van der Waals surface area contributed by atoms with Crippen LogP contribution in [0.2, 0.25) is 0 Å². The van der Waals surface area contributed by atoms with Gasteiger partial charge >= 0.3 is 0 Å². The van der Waals surface area contributed by atoms with E-state index in [4.69, 9.17) is 4.74 Å². The Balaban J connectivity index is 1.77. The maximum atomic E-state index is 9.80. The minimum atomic E-state index is 0.152.